The number of hydrogen-bond donors (Lipinski definition) is 1. The van der Waals surface area contributed by atoms with Gasteiger partial charge in [0.15, 0.2) is 0 Å². The molecule has 1 aromatic carbocycles. The lowest BCUT2D eigenvalue weighted by molar-refractivity contribution is -0.00773. The minimum Gasteiger partial charge on any atom is -0.389 e. The topological polar surface area (TPSA) is 20.2 Å². The summed E-state index contributed by atoms with van der Waals surface area (Å²) in [6.07, 6.45) is 2.04. The molecule has 1 aromatic rings. The summed E-state index contributed by atoms with van der Waals surface area (Å²) in [6, 6.07) is 3.36. The van der Waals surface area contributed by atoms with Crippen molar-refractivity contribution in [2.24, 2.45) is 5.41 Å². The highest BCUT2D eigenvalue weighted by Gasteiger charge is 2.52. The normalized spacial score (nSPS) is 21.6. The summed E-state index contributed by atoms with van der Waals surface area (Å²) < 4.78 is 26.4. The second kappa shape index (κ2) is 3.52. The van der Waals surface area contributed by atoms with E-state index in [4.69, 9.17) is 0 Å². The molecule has 88 valence electrons. The van der Waals surface area contributed by atoms with Crippen LogP contribution < -0.4 is 0 Å². The third-order valence-corrected chi connectivity index (χ3v) is 3.84. The van der Waals surface area contributed by atoms with Gasteiger partial charge in [0.25, 0.3) is 0 Å². The van der Waals surface area contributed by atoms with Crippen LogP contribution in [0, 0.1) is 17.0 Å². The molecule has 3 heteroatoms. The molecule has 0 bridgehead atoms. The first-order chi connectivity index (χ1) is 7.34. The highest BCUT2D eigenvalue weighted by atomic mass is 19.1. The van der Waals surface area contributed by atoms with E-state index in [1.165, 1.54) is 0 Å². The Labute approximate surface area is 94.1 Å². The number of aliphatic hydroxyl groups is 1. The van der Waals surface area contributed by atoms with Crippen LogP contribution in [-0.2, 0) is 6.42 Å². The van der Waals surface area contributed by atoms with Crippen LogP contribution in [0.15, 0.2) is 18.2 Å². The number of halogens is 2. The van der Waals surface area contributed by atoms with Gasteiger partial charge in [-0.1, -0.05) is 6.92 Å². The van der Waals surface area contributed by atoms with Gasteiger partial charge in [-0.25, -0.2) is 8.78 Å². The lowest BCUT2D eigenvalue weighted by Gasteiger charge is -2.30. The van der Waals surface area contributed by atoms with Crippen molar-refractivity contribution in [1.82, 2.24) is 0 Å². The molecule has 2 rings (SSSR count). The van der Waals surface area contributed by atoms with Gasteiger partial charge in [0.1, 0.15) is 11.6 Å². The van der Waals surface area contributed by atoms with Crippen LogP contribution in [0.1, 0.15) is 32.3 Å². The molecule has 0 spiro atoms. The quantitative estimate of drug-likeness (QED) is 0.839. The molecule has 0 aromatic heterocycles. The minimum absolute atomic E-state index is 0.147. The van der Waals surface area contributed by atoms with Crippen molar-refractivity contribution in [3.63, 3.8) is 0 Å². The van der Waals surface area contributed by atoms with Gasteiger partial charge in [0.05, 0.1) is 5.60 Å². The van der Waals surface area contributed by atoms with Gasteiger partial charge < -0.3 is 5.11 Å². The molecule has 1 saturated carbocycles. The minimum atomic E-state index is -0.971. The Balaban J connectivity index is 2.23. The van der Waals surface area contributed by atoms with E-state index in [-0.39, 0.29) is 17.4 Å². The molecular formula is C13H16F2O. The summed E-state index contributed by atoms with van der Waals surface area (Å²) in [4.78, 5) is 0. The van der Waals surface area contributed by atoms with Crippen molar-refractivity contribution in [3.05, 3.63) is 35.4 Å². The Morgan fingerprint density at radius 1 is 1.38 bits per heavy atom. The largest absolute Gasteiger partial charge is 0.389 e. The Morgan fingerprint density at radius 3 is 2.56 bits per heavy atom. The Kier molecular flexibility index (Phi) is 2.54. The molecule has 0 heterocycles. The number of rotatable bonds is 3. The fourth-order valence-corrected chi connectivity index (χ4v) is 1.99. The number of benzene rings is 1. The maximum Gasteiger partial charge on any atom is 0.126 e. The standard InChI is InChI=1S/C13H16F2O/c1-12(5-6-12)13(2,16)8-9-7-10(14)3-4-11(9)15/h3-4,7,16H,5-6,8H2,1-2H3. The molecule has 1 atom stereocenters. The Morgan fingerprint density at radius 2 is 2.00 bits per heavy atom. The van der Waals surface area contributed by atoms with Crippen LogP contribution in [0.2, 0.25) is 0 Å². The van der Waals surface area contributed by atoms with Crippen molar-refractivity contribution < 1.29 is 13.9 Å². The maximum absolute atomic E-state index is 13.4. The highest BCUT2D eigenvalue weighted by Crippen LogP contribution is 2.54. The second-order valence-corrected chi connectivity index (χ2v) is 5.25. The lowest BCUT2D eigenvalue weighted by atomic mass is 9.82. The van der Waals surface area contributed by atoms with E-state index < -0.39 is 17.2 Å². The molecule has 1 nitrogen and oxygen atoms in total. The Hall–Kier alpha value is -0.960. The maximum atomic E-state index is 13.4. The predicted molar refractivity (Wildman–Crippen MR) is 58.0 cm³/mol. The van der Waals surface area contributed by atoms with Crippen LogP contribution in [0.25, 0.3) is 0 Å². The van der Waals surface area contributed by atoms with E-state index in [1.807, 2.05) is 6.92 Å². The summed E-state index contributed by atoms with van der Waals surface area (Å²) in [5.74, 6) is -0.918. The third-order valence-electron chi connectivity index (χ3n) is 3.84. The van der Waals surface area contributed by atoms with E-state index in [0.29, 0.717) is 0 Å². The van der Waals surface area contributed by atoms with Gasteiger partial charge in [-0.05, 0) is 48.9 Å². The van der Waals surface area contributed by atoms with Crippen LogP contribution >= 0.6 is 0 Å². The van der Waals surface area contributed by atoms with Gasteiger partial charge in [-0.3, -0.25) is 0 Å². The summed E-state index contributed by atoms with van der Waals surface area (Å²) in [6.45, 7) is 3.68. The Bertz CT molecular complexity index is 408. The van der Waals surface area contributed by atoms with Crippen molar-refractivity contribution >= 4 is 0 Å². The summed E-state index contributed by atoms with van der Waals surface area (Å²) in [5, 5.41) is 10.3. The van der Waals surface area contributed by atoms with Crippen molar-refractivity contribution in [2.45, 2.75) is 38.7 Å². The fraction of sp³-hybridized carbons (Fsp3) is 0.538. The average Bonchev–Trinajstić information content (AvgIpc) is 2.91. The van der Waals surface area contributed by atoms with E-state index in [1.54, 1.807) is 6.92 Å². The van der Waals surface area contributed by atoms with Crippen LogP contribution in [0.5, 0.6) is 0 Å². The molecule has 0 saturated heterocycles. The highest BCUT2D eigenvalue weighted by molar-refractivity contribution is 5.22. The molecule has 1 unspecified atom stereocenters. The van der Waals surface area contributed by atoms with Gasteiger partial charge >= 0.3 is 0 Å². The second-order valence-electron chi connectivity index (χ2n) is 5.25. The predicted octanol–water partition coefficient (Wildman–Crippen LogP) is 3.06. The van der Waals surface area contributed by atoms with Crippen LogP contribution in [0.4, 0.5) is 8.78 Å². The zero-order valence-corrected chi connectivity index (χ0v) is 9.56. The first-order valence-electron chi connectivity index (χ1n) is 5.50. The molecule has 1 N–H and O–H groups in total. The zero-order valence-electron chi connectivity index (χ0n) is 9.56. The fourth-order valence-electron chi connectivity index (χ4n) is 1.99. The number of hydrogen-bond acceptors (Lipinski definition) is 1. The molecule has 0 aliphatic heterocycles. The first-order valence-corrected chi connectivity index (χ1v) is 5.50. The smallest absolute Gasteiger partial charge is 0.126 e. The summed E-state index contributed by atoms with van der Waals surface area (Å²) >= 11 is 0. The van der Waals surface area contributed by atoms with Gasteiger partial charge in [-0.2, -0.15) is 0 Å². The van der Waals surface area contributed by atoms with Gasteiger partial charge in [0.2, 0.25) is 0 Å². The lowest BCUT2D eigenvalue weighted by Crippen LogP contribution is -2.37. The van der Waals surface area contributed by atoms with Crippen molar-refractivity contribution in [3.8, 4) is 0 Å². The molecule has 16 heavy (non-hydrogen) atoms. The summed E-state index contributed by atoms with van der Waals surface area (Å²) in [5.41, 5.74) is -0.869. The van der Waals surface area contributed by atoms with E-state index in [0.717, 1.165) is 31.0 Å². The van der Waals surface area contributed by atoms with Crippen LogP contribution in [0.3, 0.4) is 0 Å². The van der Waals surface area contributed by atoms with Gasteiger partial charge in [-0.15, -0.1) is 0 Å². The van der Waals surface area contributed by atoms with E-state index in [2.05, 4.69) is 0 Å². The van der Waals surface area contributed by atoms with Crippen LogP contribution in [-0.4, -0.2) is 10.7 Å². The zero-order chi connectivity index (χ0) is 12.0. The molecular weight excluding hydrogens is 210 g/mol. The first kappa shape index (κ1) is 11.5. The molecule has 1 aliphatic rings. The third kappa shape index (κ3) is 1.96. The molecule has 0 amide bonds. The molecule has 0 radical (unpaired) electrons. The van der Waals surface area contributed by atoms with Crippen molar-refractivity contribution in [2.75, 3.05) is 0 Å². The molecule has 1 aliphatic carbocycles. The summed E-state index contributed by atoms with van der Waals surface area (Å²) in [7, 11) is 0. The molecule has 1 fully saturated rings. The van der Waals surface area contributed by atoms with Crippen molar-refractivity contribution in [1.29, 1.82) is 0 Å². The average molecular weight is 226 g/mol. The monoisotopic (exact) mass is 226 g/mol. The van der Waals surface area contributed by atoms with E-state index >= 15 is 0 Å². The van der Waals surface area contributed by atoms with E-state index in [9.17, 15) is 13.9 Å². The van der Waals surface area contributed by atoms with Gasteiger partial charge in [0, 0.05) is 6.42 Å². The SMILES string of the molecule is CC(O)(Cc1cc(F)ccc1F)C1(C)CC1.